The molecule has 3 aromatic carbocycles. The fourth-order valence-corrected chi connectivity index (χ4v) is 10.7. The summed E-state index contributed by atoms with van der Waals surface area (Å²) in [4.78, 5) is 66.0. The topological polar surface area (TPSA) is 346 Å². The van der Waals surface area contributed by atoms with Crippen LogP contribution in [0.25, 0.3) is 10.2 Å². The summed E-state index contributed by atoms with van der Waals surface area (Å²) in [7, 11) is -3.53. The van der Waals surface area contributed by atoms with E-state index < -0.39 is 63.5 Å². The SMILES string of the molecule is Cc1c(Nc2nc3ccccc3s2)nnc2c1CCCN2c1nc(C(=O)O)c(CCCOc2ccc(C#CCN(C)C(=O)OCc3ccc(NC(=O)[C@H](CCCNC(N)=O)N=C(N)[C@@H](N)C(C)C)cc3S(=O)(=O)O)cc2F)s1. The first-order chi connectivity index (χ1) is 37.2. The highest BCUT2D eigenvalue weighted by Crippen LogP contribution is 2.39. The van der Waals surface area contributed by atoms with Gasteiger partial charge in [0.1, 0.15) is 23.4 Å². The van der Waals surface area contributed by atoms with Crippen LogP contribution < -0.4 is 42.8 Å². The summed E-state index contributed by atoms with van der Waals surface area (Å²) in [5, 5.41) is 28.6. The largest absolute Gasteiger partial charge is 0.491 e. The first kappa shape index (κ1) is 57.7. The summed E-state index contributed by atoms with van der Waals surface area (Å²) in [6, 6.07) is 13.0. The number of hydrogen-bond acceptors (Lipinski definition) is 18. The molecule has 4 heterocycles. The van der Waals surface area contributed by atoms with Crippen molar-refractivity contribution in [1.29, 1.82) is 0 Å². The maximum absolute atomic E-state index is 15.2. The minimum Gasteiger partial charge on any atom is -0.491 e. The maximum Gasteiger partial charge on any atom is 0.410 e. The van der Waals surface area contributed by atoms with Gasteiger partial charge in [-0.1, -0.05) is 55.2 Å². The van der Waals surface area contributed by atoms with E-state index in [9.17, 15) is 37.3 Å². The molecule has 1 aliphatic rings. The van der Waals surface area contributed by atoms with Crippen LogP contribution in [0.15, 0.2) is 70.6 Å². The fourth-order valence-electron chi connectivity index (χ4n) is 7.97. The number of benzene rings is 3. The van der Waals surface area contributed by atoms with Gasteiger partial charge in [0.15, 0.2) is 39.2 Å². The van der Waals surface area contributed by atoms with Crippen molar-refractivity contribution in [2.24, 2.45) is 28.1 Å². The third-order valence-electron chi connectivity index (χ3n) is 12.2. The summed E-state index contributed by atoms with van der Waals surface area (Å²) in [6.45, 7) is 5.62. The number of nitrogens with one attached hydrogen (secondary N) is 3. The Hall–Kier alpha value is -8.03. The quantitative estimate of drug-likeness (QED) is 0.0118. The van der Waals surface area contributed by atoms with E-state index in [2.05, 4.69) is 52.9 Å². The number of carbonyl (C=O) groups excluding carboxylic acids is 3. The Balaban J connectivity index is 0.899. The van der Waals surface area contributed by atoms with Crippen molar-refractivity contribution in [3.05, 3.63) is 99.3 Å². The van der Waals surface area contributed by atoms with Gasteiger partial charge in [0, 0.05) is 53.0 Å². The number of carbonyl (C=O) groups is 4. The summed E-state index contributed by atoms with van der Waals surface area (Å²) in [5.74, 6) is 4.05. The van der Waals surface area contributed by atoms with Gasteiger partial charge in [-0.05, 0) is 93.8 Å². The molecule has 2 atom stereocenters. The number of carboxylic acid groups (broad SMARTS) is 1. The molecule has 0 bridgehead atoms. The molecule has 23 nitrogen and oxygen atoms in total. The van der Waals surface area contributed by atoms with Crippen LogP contribution in [0.4, 0.5) is 41.6 Å². The minimum atomic E-state index is -4.90. The molecule has 0 spiro atoms. The molecule has 78 heavy (non-hydrogen) atoms. The molecule has 0 fully saturated rings. The lowest BCUT2D eigenvalue weighted by molar-refractivity contribution is -0.117. The van der Waals surface area contributed by atoms with Crippen molar-refractivity contribution in [3.8, 4) is 17.6 Å². The summed E-state index contributed by atoms with van der Waals surface area (Å²) >= 11 is 2.77. The molecule has 1 aliphatic heterocycles. The molecule has 3 aromatic heterocycles. The predicted octanol–water partition coefficient (Wildman–Crippen LogP) is 6.49. The smallest absolute Gasteiger partial charge is 0.410 e. The molecule has 7 rings (SSSR count). The van der Waals surface area contributed by atoms with Gasteiger partial charge in [0.05, 0.1) is 29.4 Å². The van der Waals surface area contributed by atoms with E-state index in [1.165, 1.54) is 54.0 Å². The number of rotatable bonds is 22. The molecule has 0 unspecified atom stereocenters. The van der Waals surface area contributed by atoms with Gasteiger partial charge in [-0.3, -0.25) is 14.3 Å². The Morgan fingerprint density at radius 1 is 1.04 bits per heavy atom. The number of aliphatic imine (C=N–C) groups is 1. The number of thiazole rings is 2. The van der Waals surface area contributed by atoms with Crippen molar-refractivity contribution in [1.82, 2.24) is 30.4 Å². The lowest BCUT2D eigenvalue weighted by atomic mass is 10.0. The number of anilines is 5. The second-order valence-electron chi connectivity index (χ2n) is 18.3. The average Bonchev–Trinajstić information content (AvgIpc) is 4.09. The summed E-state index contributed by atoms with van der Waals surface area (Å²) < 4.78 is 62.2. The Morgan fingerprint density at radius 3 is 2.54 bits per heavy atom. The van der Waals surface area contributed by atoms with E-state index in [1.54, 1.807) is 0 Å². The number of aromatic nitrogens is 4. The number of nitrogens with two attached hydrogens (primary N) is 3. The fraction of sp³-hybridized carbons (Fsp3) is 0.353. The zero-order valence-electron chi connectivity index (χ0n) is 42.9. The summed E-state index contributed by atoms with van der Waals surface area (Å²) in [5.41, 5.74) is 20.1. The van der Waals surface area contributed by atoms with E-state index >= 15 is 4.39 Å². The van der Waals surface area contributed by atoms with Crippen molar-refractivity contribution in [3.63, 3.8) is 0 Å². The standard InChI is InChI=1S/C51H58FN13O10S3/c1-28(2)41(53)43(54)58-36(14-7-21-56-48(55)69)46(66)57-32-19-18-31(40(26-32)78(71,72)73)27-75-51(70)64(4)22-8-11-30-17-20-37(34(52)25-30)74-24-10-16-39-42(47(67)68)60-50(77-39)65-23-9-12-33-29(3)44(62-63-45(33)65)61-49-59-35-13-5-6-15-38(35)76-49/h5-6,13,15,17-20,25-26,28,36,41H,7,9-10,12,14,16,21-24,27,53H2,1-4H3,(H2,54,58)(H,57,66)(H,67,68)(H3,55,56,69)(H,59,61,62)(H,71,72,73)/t36-,41-/m0/s1. The Labute approximate surface area is 456 Å². The van der Waals surface area contributed by atoms with Crippen molar-refractivity contribution in [2.45, 2.75) is 82.9 Å². The Morgan fingerprint density at radius 2 is 1.82 bits per heavy atom. The predicted molar refractivity (Wildman–Crippen MR) is 294 cm³/mol. The minimum absolute atomic E-state index is 0.0131. The maximum atomic E-state index is 15.2. The number of urea groups is 1. The van der Waals surface area contributed by atoms with Gasteiger partial charge in [-0.25, -0.2) is 28.7 Å². The second kappa shape index (κ2) is 25.9. The van der Waals surface area contributed by atoms with E-state index in [1.807, 2.05) is 49.9 Å². The van der Waals surface area contributed by atoms with E-state index in [0.717, 1.165) is 51.2 Å². The lowest BCUT2D eigenvalue weighted by Gasteiger charge is -2.28. The number of para-hydroxylation sites is 1. The molecule has 27 heteroatoms. The van der Waals surface area contributed by atoms with Crippen LogP contribution >= 0.6 is 22.7 Å². The number of fused-ring (bicyclic) bond motifs is 2. The number of carboxylic acids is 1. The molecule has 0 radical (unpaired) electrons. The monoisotopic (exact) mass is 1130 g/mol. The van der Waals surface area contributed by atoms with Crippen LogP contribution in [0.5, 0.6) is 5.75 Å². The molecule has 0 aliphatic carbocycles. The average molecular weight is 1130 g/mol. The van der Waals surface area contributed by atoms with Gasteiger partial charge in [-0.2, -0.15) is 8.42 Å². The molecule has 0 saturated heterocycles. The van der Waals surface area contributed by atoms with Crippen LogP contribution in [0, 0.1) is 30.5 Å². The third-order valence-corrected chi connectivity index (χ3v) is 15.2. The number of ether oxygens (including phenoxy) is 2. The van der Waals surface area contributed by atoms with Crippen molar-refractivity contribution < 1.29 is 51.1 Å². The van der Waals surface area contributed by atoms with Gasteiger partial charge in [0.25, 0.3) is 10.1 Å². The first-order valence-electron chi connectivity index (χ1n) is 24.5. The van der Waals surface area contributed by atoms with Gasteiger partial charge >= 0.3 is 18.1 Å². The zero-order chi connectivity index (χ0) is 56.3. The Kier molecular flexibility index (Phi) is 19.1. The number of hydrogen-bond donors (Lipinski definition) is 8. The second-order valence-corrected chi connectivity index (χ2v) is 21.8. The van der Waals surface area contributed by atoms with Gasteiger partial charge in [-0.15, -0.1) is 21.5 Å². The van der Waals surface area contributed by atoms with Crippen LogP contribution in [-0.4, -0.2) is 118 Å². The number of aryl methyl sites for hydroxylation is 1. The normalized spacial score (nSPS) is 13.2. The summed E-state index contributed by atoms with van der Waals surface area (Å²) in [6.07, 6.45) is 1.68. The first-order valence-corrected chi connectivity index (χ1v) is 27.6. The number of halogens is 1. The van der Waals surface area contributed by atoms with Crippen LogP contribution in [0.1, 0.15) is 77.2 Å². The third kappa shape index (κ3) is 14.9. The molecule has 11 N–H and O–H groups in total. The zero-order valence-corrected chi connectivity index (χ0v) is 45.4. The highest BCUT2D eigenvalue weighted by Gasteiger charge is 2.29. The lowest BCUT2D eigenvalue weighted by Crippen LogP contribution is -2.42. The van der Waals surface area contributed by atoms with Crippen LogP contribution in [0.2, 0.25) is 0 Å². The highest BCUT2D eigenvalue weighted by molar-refractivity contribution is 7.85. The van der Waals surface area contributed by atoms with E-state index in [-0.39, 0.29) is 72.5 Å². The van der Waals surface area contributed by atoms with Crippen LogP contribution in [-0.2, 0) is 39.1 Å². The molecular weight excluding hydrogens is 1070 g/mol. The van der Waals surface area contributed by atoms with Crippen molar-refractivity contribution in [2.75, 3.05) is 48.8 Å². The highest BCUT2D eigenvalue weighted by atomic mass is 32.2. The molecular formula is C51H58FN13O10S3. The number of nitrogens with zero attached hydrogens (tertiary/aromatic N) is 7. The number of amidine groups is 1. The van der Waals surface area contributed by atoms with Gasteiger partial charge < -0.3 is 57.5 Å². The molecule has 4 amide bonds. The number of aromatic carboxylic acids is 1. The van der Waals surface area contributed by atoms with E-state index in [4.69, 9.17) is 26.7 Å². The number of amides is 4. The Bertz CT molecular complexity index is 3380. The molecule has 6 aromatic rings. The van der Waals surface area contributed by atoms with Gasteiger partial charge in [0.2, 0.25) is 5.91 Å². The molecule has 0 saturated carbocycles. The molecule has 412 valence electrons. The number of primary amides is 1. The van der Waals surface area contributed by atoms with Crippen molar-refractivity contribution >= 4 is 100 Å². The van der Waals surface area contributed by atoms with E-state index in [0.29, 0.717) is 46.2 Å². The van der Waals surface area contributed by atoms with Crippen LogP contribution in [0.3, 0.4) is 0 Å².